The Morgan fingerprint density at radius 1 is 1.14 bits per heavy atom. The number of halogens is 1. The second kappa shape index (κ2) is 12.8. The number of aliphatic imine (C=N–C) groups is 1. The molecule has 0 spiro atoms. The Morgan fingerprint density at radius 3 is 2.48 bits per heavy atom. The average Bonchev–Trinajstić information content (AvgIpc) is 3.00. The minimum absolute atomic E-state index is 0. The fourth-order valence-electron chi connectivity index (χ4n) is 2.87. The van der Waals surface area contributed by atoms with Crippen molar-refractivity contribution in [2.75, 3.05) is 25.4 Å². The second-order valence-corrected chi connectivity index (χ2v) is 8.79. The van der Waals surface area contributed by atoms with E-state index in [9.17, 15) is 8.42 Å². The van der Waals surface area contributed by atoms with Crippen molar-refractivity contribution in [1.29, 1.82) is 0 Å². The quantitative estimate of drug-likeness (QED) is 0.212. The van der Waals surface area contributed by atoms with Gasteiger partial charge in [-0.3, -0.25) is 9.67 Å². The average molecular weight is 533 g/mol. The zero-order chi connectivity index (χ0) is 20.4. The van der Waals surface area contributed by atoms with Crippen LogP contribution in [0, 0.1) is 13.8 Å². The van der Waals surface area contributed by atoms with Crippen LogP contribution in [0.15, 0.2) is 46.3 Å². The van der Waals surface area contributed by atoms with Crippen LogP contribution >= 0.6 is 24.0 Å². The molecule has 0 atom stereocenters. The lowest BCUT2D eigenvalue weighted by molar-refractivity contribution is 0.567. The summed E-state index contributed by atoms with van der Waals surface area (Å²) in [5.74, 6) is 0.828. The molecule has 2 rings (SSSR count). The lowest BCUT2D eigenvalue weighted by atomic mass is 10.4. The van der Waals surface area contributed by atoms with E-state index in [0.29, 0.717) is 30.4 Å². The first-order valence-electron chi connectivity index (χ1n) is 9.73. The van der Waals surface area contributed by atoms with Gasteiger partial charge in [0.25, 0.3) is 0 Å². The summed E-state index contributed by atoms with van der Waals surface area (Å²) < 4.78 is 26.6. The van der Waals surface area contributed by atoms with Gasteiger partial charge in [0.1, 0.15) is 0 Å². The van der Waals surface area contributed by atoms with E-state index in [0.717, 1.165) is 30.9 Å². The Balaban J connectivity index is 0.00000420. The molecule has 0 bridgehead atoms. The predicted molar refractivity (Wildman–Crippen MR) is 129 cm³/mol. The van der Waals surface area contributed by atoms with Crippen molar-refractivity contribution in [1.82, 2.24) is 20.4 Å². The summed E-state index contributed by atoms with van der Waals surface area (Å²) in [4.78, 5) is 4.94. The minimum atomic E-state index is -3.23. The number of aryl methyl sites for hydroxylation is 3. The standard InChI is InChI=1S/C20H31N5O2S.HI/c1-4-21-20(22-12-8-14-25-18(3)16-17(2)24-25)23-13-9-15-28(26,27)19-10-6-5-7-11-19;/h5-7,10-11,16H,4,8-9,12-15H2,1-3H3,(H2,21,22,23);1H. The van der Waals surface area contributed by atoms with E-state index in [1.807, 2.05) is 24.6 Å². The molecule has 7 nitrogen and oxygen atoms in total. The molecule has 29 heavy (non-hydrogen) atoms. The molecule has 0 amide bonds. The highest BCUT2D eigenvalue weighted by atomic mass is 127. The molecule has 0 aliphatic rings. The first-order chi connectivity index (χ1) is 13.4. The first kappa shape index (κ1) is 25.4. The zero-order valence-electron chi connectivity index (χ0n) is 17.4. The van der Waals surface area contributed by atoms with Crippen LogP contribution in [-0.4, -0.2) is 49.5 Å². The zero-order valence-corrected chi connectivity index (χ0v) is 20.5. The number of benzene rings is 1. The Kier molecular flexibility index (Phi) is 11.3. The van der Waals surface area contributed by atoms with Gasteiger partial charge in [0.2, 0.25) is 0 Å². The van der Waals surface area contributed by atoms with E-state index in [-0.39, 0.29) is 29.7 Å². The highest BCUT2D eigenvalue weighted by molar-refractivity contribution is 14.0. The van der Waals surface area contributed by atoms with E-state index >= 15 is 0 Å². The molecule has 1 heterocycles. The maximum atomic E-state index is 12.3. The summed E-state index contributed by atoms with van der Waals surface area (Å²) in [6.07, 6.45) is 1.41. The van der Waals surface area contributed by atoms with Gasteiger partial charge in [-0.05, 0) is 51.8 Å². The maximum absolute atomic E-state index is 12.3. The summed E-state index contributed by atoms with van der Waals surface area (Å²) in [6, 6.07) is 10.6. The van der Waals surface area contributed by atoms with Crippen molar-refractivity contribution in [3.63, 3.8) is 0 Å². The number of hydrogen-bond acceptors (Lipinski definition) is 4. The van der Waals surface area contributed by atoms with Crippen LogP contribution < -0.4 is 10.6 Å². The van der Waals surface area contributed by atoms with E-state index in [2.05, 4.69) is 33.7 Å². The molecule has 1 aromatic carbocycles. The van der Waals surface area contributed by atoms with Gasteiger partial charge in [-0.1, -0.05) is 18.2 Å². The van der Waals surface area contributed by atoms with Gasteiger partial charge < -0.3 is 10.6 Å². The van der Waals surface area contributed by atoms with E-state index in [4.69, 9.17) is 0 Å². The number of nitrogens with one attached hydrogen (secondary N) is 2. The minimum Gasteiger partial charge on any atom is -0.357 e. The summed E-state index contributed by atoms with van der Waals surface area (Å²) >= 11 is 0. The molecule has 2 aromatic rings. The Labute approximate surface area is 191 Å². The van der Waals surface area contributed by atoms with Gasteiger partial charge in [-0.25, -0.2) is 8.42 Å². The van der Waals surface area contributed by atoms with Crippen LogP contribution in [0.1, 0.15) is 31.2 Å². The molecule has 162 valence electrons. The fraction of sp³-hybridized carbons (Fsp3) is 0.500. The van der Waals surface area contributed by atoms with Crippen LogP contribution in [0.5, 0.6) is 0 Å². The van der Waals surface area contributed by atoms with Crippen LogP contribution in [0.4, 0.5) is 0 Å². The molecule has 0 radical (unpaired) electrons. The smallest absolute Gasteiger partial charge is 0.191 e. The number of nitrogens with zero attached hydrogens (tertiary/aromatic N) is 3. The van der Waals surface area contributed by atoms with Crippen LogP contribution in [0.25, 0.3) is 0 Å². The molecule has 2 N–H and O–H groups in total. The monoisotopic (exact) mass is 533 g/mol. The Hall–Kier alpha value is -1.62. The lowest BCUT2D eigenvalue weighted by Gasteiger charge is -2.11. The highest BCUT2D eigenvalue weighted by Crippen LogP contribution is 2.10. The van der Waals surface area contributed by atoms with Crippen LogP contribution in [-0.2, 0) is 16.4 Å². The van der Waals surface area contributed by atoms with Gasteiger partial charge in [0.15, 0.2) is 15.8 Å². The molecule has 1 aromatic heterocycles. The normalized spacial score (nSPS) is 11.8. The summed E-state index contributed by atoms with van der Waals surface area (Å²) in [5.41, 5.74) is 2.19. The van der Waals surface area contributed by atoms with Crippen molar-refractivity contribution in [2.45, 2.75) is 45.1 Å². The van der Waals surface area contributed by atoms with Crippen LogP contribution in [0.3, 0.4) is 0 Å². The van der Waals surface area contributed by atoms with Gasteiger partial charge in [-0.2, -0.15) is 5.10 Å². The molecule has 9 heteroatoms. The third-order valence-electron chi connectivity index (χ3n) is 4.23. The van der Waals surface area contributed by atoms with Gasteiger partial charge in [-0.15, -0.1) is 24.0 Å². The molecular formula is C20H32IN5O2S. The van der Waals surface area contributed by atoms with Crippen LogP contribution in [0.2, 0.25) is 0 Å². The molecular weight excluding hydrogens is 501 g/mol. The SMILES string of the molecule is CCNC(=NCCCn1nc(C)cc1C)NCCCS(=O)(=O)c1ccccc1.I. The van der Waals surface area contributed by atoms with Crippen molar-refractivity contribution in [3.8, 4) is 0 Å². The number of aromatic nitrogens is 2. The molecule has 0 saturated carbocycles. The molecule has 0 unspecified atom stereocenters. The topological polar surface area (TPSA) is 88.4 Å². The number of guanidine groups is 1. The fourth-order valence-corrected chi connectivity index (χ4v) is 4.20. The summed E-state index contributed by atoms with van der Waals surface area (Å²) in [6.45, 7) is 8.87. The number of rotatable bonds is 10. The second-order valence-electron chi connectivity index (χ2n) is 6.68. The molecule has 0 aliphatic carbocycles. The van der Waals surface area contributed by atoms with Gasteiger partial charge in [0, 0.05) is 31.9 Å². The molecule has 0 aliphatic heterocycles. The summed E-state index contributed by atoms with van der Waals surface area (Å²) in [7, 11) is -3.23. The van der Waals surface area contributed by atoms with E-state index in [1.165, 1.54) is 0 Å². The van der Waals surface area contributed by atoms with E-state index in [1.54, 1.807) is 24.3 Å². The number of sulfone groups is 1. The largest absolute Gasteiger partial charge is 0.357 e. The van der Waals surface area contributed by atoms with Gasteiger partial charge >= 0.3 is 0 Å². The third kappa shape index (κ3) is 8.73. The molecule has 0 fully saturated rings. The van der Waals surface area contributed by atoms with Crippen molar-refractivity contribution in [3.05, 3.63) is 47.8 Å². The summed E-state index contributed by atoms with van der Waals surface area (Å²) in [5, 5.41) is 10.9. The third-order valence-corrected chi connectivity index (χ3v) is 6.05. The van der Waals surface area contributed by atoms with E-state index < -0.39 is 9.84 Å². The van der Waals surface area contributed by atoms with Crippen molar-refractivity contribution >= 4 is 39.8 Å². The number of hydrogen-bond donors (Lipinski definition) is 2. The lowest BCUT2D eigenvalue weighted by Crippen LogP contribution is -2.38. The van der Waals surface area contributed by atoms with Gasteiger partial charge in [0.05, 0.1) is 16.3 Å². The first-order valence-corrected chi connectivity index (χ1v) is 11.4. The predicted octanol–water partition coefficient (Wildman–Crippen LogP) is 2.93. The Morgan fingerprint density at radius 2 is 1.86 bits per heavy atom. The van der Waals surface area contributed by atoms with Crippen molar-refractivity contribution in [2.24, 2.45) is 4.99 Å². The molecule has 0 saturated heterocycles. The maximum Gasteiger partial charge on any atom is 0.191 e. The Bertz CT molecular complexity index is 866. The highest BCUT2D eigenvalue weighted by Gasteiger charge is 2.13. The van der Waals surface area contributed by atoms with Crippen molar-refractivity contribution < 1.29 is 8.42 Å².